The third kappa shape index (κ3) is 19.6. The summed E-state index contributed by atoms with van der Waals surface area (Å²) in [5, 5.41) is 0. The van der Waals surface area contributed by atoms with Crippen LogP contribution >= 0.6 is 0 Å². The van der Waals surface area contributed by atoms with Crippen LogP contribution in [0.5, 0.6) is 0 Å². The lowest BCUT2D eigenvalue weighted by atomic mass is 9.94. The van der Waals surface area contributed by atoms with Crippen LogP contribution in [0.25, 0.3) is 0 Å². The summed E-state index contributed by atoms with van der Waals surface area (Å²) in [5.41, 5.74) is 0. The minimum Gasteiger partial charge on any atom is -0.0683 e. The van der Waals surface area contributed by atoms with E-state index in [9.17, 15) is 0 Å². The molecule has 16 heavy (non-hydrogen) atoms. The molecule has 0 saturated carbocycles. The first-order chi connectivity index (χ1) is 7.49. The van der Waals surface area contributed by atoms with Crippen molar-refractivity contribution in [3.8, 4) is 0 Å². The molecule has 0 aliphatic carbocycles. The second kappa shape index (κ2) is 17.4. The molecule has 0 nitrogen and oxygen atoms in total. The highest BCUT2D eigenvalue weighted by molar-refractivity contribution is 4.54. The molecule has 0 heterocycles. The van der Waals surface area contributed by atoms with Gasteiger partial charge in [-0.15, -0.1) is 0 Å². The topological polar surface area (TPSA) is 0 Å². The summed E-state index contributed by atoms with van der Waals surface area (Å²) in [6.45, 7) is 19.9. The summed E-state index contributed by atoms with van der Waals surface area (Å²) < 4.78 is 0. The van der Waals surface area contributed by atoms with E-state index < -0.39 is 0 Å². The largest absolute Gasteiger partial charge is 0.0683 e. The number of rotatable bonds is 5. The molecule has 0 heteroatoms. The monoisotopic (exact) mass is 230 g/mol. The summed E-state index contributed by atoms with van der Waals surface area (Å²) in [6, 6.07) is 0. The van der Waals surface area contributed by atoms with Crippen LogP contribution in [-0.2, 0) is 0 Å². The van der Waals surface area contributed by atoms with Crippen LogP contribution in [0.3, 0.4) is 0 Å². The van der Waals surface area contributed by atoms with Gasteiger partial charge in [0.15, 0.2) is 0 Å². The van der Waals surface area contributed by atoms with Crippen molar-refractivity contribution in [3.63, 3.8) is 0 Å². The average Bonchev–Trinajstić information content (AvgIpc) is 2.31. The second-order valence-electron chi connectivity index (χ2n) is 4.93. The third-order valence-corrected chi connectivity index (χ3v) is 3.28. The Hall–Kier alpha value is 0. The fraction of sp³-hybridized carbons (Fsp3) is 1.00. The summed E-state index contributed by atoms with van der Waals surface area (Å²) in [7, 11) is 0. The predicted octanol–water partition coefficient (Wildman–Crippen LogP) is 6.55. The van der Waals surface area contributed by atoms with Crippen molar-refractivity contribution < 1.29 is 0 Å². The van der Waals surface area contributed by atoms with Crippen LogP contribution in [0.2, 0.25) is 0 Å². The highest BCUT2D eigenvalue weighted by Crippen LogP contribution is 2.14. The smallest absolute Gasteiger partial charge is 0.0420 e. The number of hydrogen-bond acceptors (Lipinski definition) is 0. The fourth-order valence-electron chi connectivity index (χ4n) is 1.08. The summed E-state index contributed by atoms with van der Waals surface area (Å²) >= 11 is 0. The van der Waals surface area contributed by atoms with E-state index in [1.807, 2.05) is 13.8 Å². The van der Waals surface area contributed by atoms with Crippen molar-refractivity contribution in [2.45, 2.75) is 88.0 Å². The third-order valence-electron chi connectivity index (χ3n) is 3.28. The predicted molar refractivity (Wildman–Crippen MR) is 80.0 cm³/mol. The quantitative estimate of drug-likeness (QED) is 0.502. The van der Waals surface area contributed by atoms with Crippen molar-refractivity contribution in [2.24, 2.45) is 17.8 Å². The van der Waals surface area contributed by atoms with Crippen molar-refractivity contribution in [3.05, 3.63) is 0 Å². The van der Waals surface area contributed by atoms with Crippen LogP contribution in [0.15, 0.2) is 0 Å². The lowest BCUT2D eigenvalue weighted by Gasteiger charge is -2.12. The molecule has 0 amide bonds. The molecule has 0 rings (SSSR count). The van der Waals surface area contributed by atoms with Crippen molar-refractivity contribution in [2.75, 3.05) is 0 Å². The maximum absolute atomic E-state index is 2.33. The van der Waals surface area contributed by atoms with E-state index in [1.165, 1.54) is 25.7 Å². The van der Waals surface area contributed by atoms with E-state index >= 15 is 0 Å². The molecule has 0 aromatic heterocycles. The average molecular weight is 230 g/mol. The van der Waals surface area contributed by atoms with Crippen LogP contribution in [-0.4, -0.2) is 0 Å². The van der Waals surface area contributed by atoms with Gasteiger partial charge in [-0.1, -0.05) is 88.0 Å². The molecule has 0 aromatic rings. The van der Waals surface area contributed by atoms with Gasteiger partial charge < -0.3 is 0 Å². The first-order valence-electron chi connectivity index (χ1n) is 7.49. The van der Waals surface area contributed by atoms with Gasteiger partial charge in [-0.3, -0.25) is 0 Å². The van der Waals surface area contributed by atoms with E-state index in [1.54, 1.807) is 0 Å². The minimum atomic E-state index is 0.870. The van der Waals surface area contributed by atoms with E-state index in [0.717, 1.165) is 17.8 Å². The van der Waals surface area contributed by atoms with E-state index in [2.05, 4.69) is 48.5 Å². The van der Waals surface area contributed by atoms with E-state index in [0.29, 0.717) is 0 Å². The molecule has 0 saturated heterocycles. The standard InChI is InChI=1S/C8H18.C6H14.C2H6/c1-5-6-8(4)7(2)3;1-4-6(3)5-2;1-2/h7-8H,5-6H2,1-4H3;6H,4-5H2,1-3H3;1-2H3. The molecule has 0 N–H and O–H groups in total. The van der Waals surface area contributed by atoms with Gasteiger partial charge in [0, 0.05) is 0 Å². The Morgan fingerprint density at radius 3 is 1.19 bits per heavy atom. The molecule has 0 aliphatic heterocycles. The zero-order chi connectivity index (χ0) is 13.6. The normalized spacial score (nSPS) is 11.4. The molecule has 0 radical (unpaired) electrons. The lowest BCUT2D eigenvalue weighted by Crippen LogP contribution is -2.02. The van der Waals surface area contributed by atoms with Gasteiger partial charge >= 0.3 is 0 Å². The van der Waals surface area contributed by atoms with E-state index in [4.69, 9.17) is 0 Å². The van der Waals surface area contributed by atoms with Gasteiger partial charge in [-0.05, 0) is 17.8 Å². The van der Waals surface area contributed by atoms with Crippen molar-refractivity contribution in [1.29, 1.82) is 0 Å². The molecule has 0 aromatic carbocycles. The van der Waals surface area contributed by atoms with Gasteiger partial charge in [-0.25, -0.2) is 0 Å². The van der Waals surface area contributed by atoms with Crippen LogP contribution in [0.1, 0.15) is 88.0 Å². The second-order valence-corrected chi connectivity index (χ2v) is 4.93. The molecule has 0 fully saturated rings. The maximum Gasteiger partial charge on any atom is -0.0420 e. The zero-order valence-electron chi connectivity index (χ0n) is 13.6. The molecule has 0 spiro atoms. The van der Waals surface area contributed by atoms with Gasteiger partial charge in [0.25, 0.3) is 0 Å². The Labute approximate surface area is 106 Å². The Morgan fingerprint density at radius 1 is 0.750 bits per heavy atom. The SMILES string of the molecule is CC.CCC(C)CC.CCCC(C)C(C)C. The highest BCUT2D eigenvalue weighted by Gasteiger charge is 2.03. The number of hydrogen-bond donors (Lipinski definition) is 0. The Bertz CT molecular complexity index is 90.2. The molecule has 0 aliphatic rings. The molecular formula is C16H38. The van der Waals surface area contributed by atoms with Gasteiger partial charge in [-0.2, -0.15) is 0 Å². The van der Waals surface area contributed by atoms with Crippen molar-refractivity contribution >= 4 is 0 Å². The summed E-state index contributed by atoms with van der Waals surface area (Å²) in [4.78, 5) is 0. The Morgan fingerprint density at radius 2 is 1.12 bits per heavy atom. The minimum absolute atomic E-state index is 0.870. The molecular weight excluding hydrogens is 192 g/mol. The van der Waals surface area contributed by atoms with E-state index in [-0.39, 0.29) is 0 Å². The first kappa shape index (κ1) is 21.3. The lowest BCUT2D eigenvalue weighted by molar-refractivity contribution is 0.389. The Kier molecular flexibility index (Phi) is 23.2. The van der Waals surface area contributed by atoms with Crippen LogP contribution in [0, 0.1) is 17.8 Å². The summed E-state index contributed by atoms with van der Waals surface area (Å²) in [6.07, 6.45) is 5.38. The van der Waals surface area contributed by atoms with Crippen LogP contribution in [0.4, 0.5) is 0 Å². The zero-order valence-corrected chi connectivity index (χ0v) is 13.6. The maximum atomic E-state index is 2.33. The molecule has 1 unspecified atom stereocenters. The summed E-state index contributed by atoms with van der Waals surface area (Å²) in [5.74, 6) is 2.72. The fourth-order valence-corrected chi connectivity index (χ4v) is 1.08. The first-order valence-corrected chi connectivity index (χ1v) is 7.49. The Balaban J connectivity index is -0.000000188. The highest BCUT2D eigenvalue weighted by atomic mass is 14.1. The van der Waals surface area contributed by atoms with Gasteiger partial charge in [0.2, 0.25) is 0 Å². The van der Waals surface area contributed by atoms with Gasteiger partial charge in [0.05, 0.1) is 0 Å². The molecule has 0 bridgehead atoms. The van der Waals surface area contributed by atoms with Crippen molar-refractivity contribution in [1.82, 2.24) is 0 Å². The molecule has 1 atom stereocenters. The van der Waals surface area contributed by atoms with Gasteiger partial charge in [0.1, 0.15) is 0 Å². The molecule has 102 valence electrons. The van der Waals surface area contributed by atoms with Crippen LogP contribution < -0.4 is 0 Å².